The molecule has 4 aromatic rings. The van der Waals surface area contributed by atoms with Crippen LogP contribution in [0.1, 0.15) is 11.3 Å². The molecule has 4 aromatic heterocycles. The summed E-state index contributed by atoms with van der Waals surface area (Å²) in [7, 11) is 1.83. The molecular weight excluding hydrogens is 384 g/mol. The average molecular weight is 400 g/mol. The second-order valence-electron chi connectivity index (χ2n) is 6.34. The lowest BCUT2D eigenvalue weighted by Crippen LogP contribution is -2.10. The van der Waals surface area contributed by atoms with Crippen LogP contribution in [0, 0.1) is 11.3 Å². The van der Waals surface area contributed by atoms with E-state index in [2.05, 4.69) is 38.1 Å². The highest BCUT2D eigenvalue weighted by Crippen LogP contribution is 2.30. The van der Waals surface area contributed by atoms with Gasteiger partial charge in [0, 0.05) is 36.6 Å². The van der Waals surface area contributed by atoms with Crippen molar-refractivity contribution in [1.82, 2.24) is 29.4 Å². The zero-order chi connectivity index (χ0) is 21.1. The van der Waals surface area contributed by atoms with E-state index in [1.54, 1.807) is 21.5 Å². The Kier molecular flexibility index (Phi) is 4.92. The van der Waals surface area contributed by atoms with Crippen LogP contribution in [0.5, 0.6) is 5.75 Å². The monoisotopic (exact) mass is 400 g/mol. The van der Waals surface area contributed by atoms with E-state index in [-0.39, 0.29) is 12.5 Å². The number of carbonyl (C=O) groups excluding carboxylic acids is 1. The molecule has 0 aromatic carbocycles. The van der Waals surface area contributed by atoms with Crippen molar-refractivity contribution in [1.29, 1.82) is 5.26 Å². The van der Waals surface area contributed by atoms with Gasteiger partial charge in [-0.3, -0.25) is 9.48 Å². The summed E-state index contributed by atoms with van der Waals surface area (Å²) < 4.78 is 9.30. The van der Waals surface area contributed by atoms with Gasteiger partial charge in [0.05, 0.1) is 18.1 Å². The van der Waals surface area contributed by atoms with E-state index < -0.39 is 0 Å². The van der Waals surface area contributed by atoms with Crippen molar-refractivity contribution in [2.75, 3.05) is 5.32 Å². The summed E-state index contributed by atoms with van der Waals surface area (Å²) in [4.78, 5) is 19.6. The normalized spacial score (nSPS) is 10.5. The summed E-state index contributed by atoms with van der Waals surface area (Å²) in [5.41, 5.74) is 3.21. The number of nitrogens with zero attached hydrogens (tertiary/aromatic N) is 7. The Labute approximate surface area is 171 Å². The molecule has 0 aliphatic carbocycles. The van der Waals surface area contributed by atoms with Gasteiger partial charge in [0.2, 0.25) is 5.91 Å². The van der Waals surface area contributed by atoms with Gasteiger partial charge < -0.3 is 10.1 Å². The van der Waals surface area contributed by atoms with E-state index >= 15 is 0 Å². The minimum Gasteiger partial charge on any atom is -0.485 e. The molecule has 0 aliphatic heterocycles. The molecule has 0 aliphatic rings. The van der Waals surface area contributed by atoms with Crippen molar-refractivity contribution < 1.29 is 9.53 Å². The van der Waals surface area contributed by atoms with E-state index in [4.69, 9.17) is 4.74 Å². The highest BCUT2D eigenvalue weighted by molar-refractivity contribution is 5.98. The van der Waals surface area contributed by atoms with Gasteiger partial charge in [0.25, 0.3) is 0 Å². The predicted octanol–water partition coefficient (Wildman–Crippen LogP) is 2.10. The Morgan fingerprint density at radius 1 is 1.27 bits per heavy atom. The van der Waals surface area contributed by atoms with E-state index in [0.717, 1.165) is 17.2 Å². The number of rotatable bonds is 6. The maximum Gasteiger partial charge on any atom is 0.248 e. The van der Waals surface area contributed by atoms with Crippen LogP contribution in [0.25, 0.3) is 16.6 Å². The van der Waals surface area contributed by atoms with E-state index in [1.165, 1.54) is 12.5 Å². The van der Waals surface area contributed by atoms with Crippen molar-refractivity contribution in [3.05, 3.63) is 67.2 Å². The maximum absolute atomic E-state index is 11.5. The third-order valence-electron chi connectivity index (χ3n) is 4.27. The molecule has 1 amide bonds. The third kappa shape index (κ3) is 3.72. The number of fused-ring (bicyclic) bond motifs is 1. The zero-order valence-corrected chi connectivity index (χ0v) is 16.0. The smallest absolute Gasteiger partial charge is 0.248 e. The van der Waals surface area contributed by atoms with Crippen molar-refractivity contribution in [3.8, 4) is 22.9 Å². The molecule has 10 nitrogen and oxygen atoms in total. The topological polar surface area (TPSA) is 123 Å². The quantitative estimate of drug-likeness (QED) is 0.492. The van der Waals surface area contributed by atoms with Crippen LogP contribution < -0.4 is 10.1 Å². The Morgan fingerprint density at radius 2 is 2.13 bits per heavy atom. The van der Waals surface area contributed by atoms with Gasteiger partial charge in [0.15, 0.2) is 0 Å². The van der Waals surface area contributed by atoms with Gasteiger partial charge in [-0.05, 0) is 12.1 Å². The summed E-state index contributed by atoms with van der Waals surface area (Å²) in [5, 5.41) is 20.5. The van der Waals surface area contributed by atoms with Crippen molar-refractivity contribution in [2.45, 2.75) is 6.61 Å². The molecule has 0 bridgehead atoms. The number of ether oxygens (including phenoxy) is 1. The SMILES string of the molecule is C=CC(=O)Nc1cc(COc2cc(-c3cnn(C)c3)cn3ncc(C#N)c23)ncn1. The number of aromatic nitrogens is 6. The summed E-state index contributed by atoms with van der Waals surface area (Å²) in [6.07, 6.45) is 9.40. The fraction of sp³-hybridized carbons (Fsp3) is 0.100. The second-order valence-corrected chi connectivity index (χ2v) is 6.34. The molecule has 0 saturated carbocycles. The van der Waals surface area contributed by atoms with E-state index in [0.29, 0.717) is 28.3 Å². The first-order valence-electron chi connectivity index (χ1n) is 8.85. The fourth-order valence-corrected chi connectivity index (χ4v) is 2.88. The minimum atomic E-state index is -0.371. The number of hydrogen-bond acceptors (Lipinski definition) is 7. The highest BCUT2D eigenvalue weighted by atomic mass is 16.5. The molecule has 148 valence electrons. The summed E-state index contributed by atoms with van der Waals surface area (Å²) >= 11 is 0. The number of amides is 1. The van der Waals surface area contributed by atoms with Crippen LogP contribution in [0.3, 0.4) is 0 Å². The van der Waals surface area contributed by atoms with Gasteiger partial charge in [-0.25, -0.2) is 14.5 Å². The third-order valence-corrected chi connectivity index (χ3v) is 4.27. The van der Waals surface area contributed by atoms with Crippen molar-refractivity contribution in [2.24, 2.45) is 7.05 Å². The highest BCUT2D eigenvalue weighted by Gasteiger charge is 2.14. The molecule has 0 saturated heterocycles. The van der Waals surface area contributed by atoms with E-state index in [1.807, 2.05) is 25.5 Å². The fourth-order valence-electron chi connectivity index (χ4n) is 2.88. The standard InChI is InChI=1S/C20H16N8O2/c1-3-19(29)26-18-5-16(22-12-23-18)11-30-17-4-13(15-8-24-27(2)9-15)10-28-20(17)14(6-21)7-25-28/h3-5,7-10,12H,1,11H2,2H3,(H,22,23,26,29). The lowest BCUT2D eigenvalue weighted by molar-refractivity contribution is -0.111. The first-order chi connectivity index (χ1) is 14.6. The molecule has 0 fully saturated rings. The van der Waals surface area contributed by atoms with Gasteiger partial charge in [-0.1, -0.05) is 6.58 Å². The van der Waals surface area contributed by atoms with E-state index in [9.17, 15) is 10.1 Å². The van der Waals surface area contributed by atoms with Crippen LogP contribution in [-0.2, 0) is 18.4 Å². The Bertz CT molecular complexity index is 1300. The van der Waals surface area contributed by atoms with Crippen molar-refractivity contribution >= 4 is 17.2 Å². The maximum atomic E-state index is 11.5. The minimum absolute atomic E-state index is 0.0989. The number of aryl methyl sites for hydroxylation is 1. The molecule has 10 heteroatoms. The number of hydrogen-bond donors (Lipinski definition) is 1. The lowest BCUT2D eigenvalue weighted by Gasteiger charge is -2.10. The molecule has 1 N–H and O–H groups in total. The summed E-state index contributed by atoms with van der Waals surface area (Å²) in [6, 6.07) is 5.56. The lowest BCUT2D eigenvalue weighted by atomic mass is 10.1. The first-order valence-corrected chi connectivity index (χ1v) is 8.85. The molecule has 4 heterocycles. The largest absolute Gasteiger partial charge is 0.485 e. The summed E-state index contributed by atoms with van der Waals surface area (Å²) in [5.74, 6) is 0.440. The molecule has 0 unspecified atom stereocenters. The molecule has 0 radical (unpaired) electrons. The number of nitriles is 1. The molecular formula is C20H16N8O2. The van der Waals surface area contributed by atoms with Crippen LogP contribution in [-0.4, -0.2) is 35.3 Å². The number of anilines is 1. The molecule has 0 spiro atoms. The van der Waals surface area contributed by atoms with Crippen LogP contribution in [0.4, 0.5) is 5.82 Å². The number of carbonyl (C=O) groups is 1. The second kappa shape index (κ2) is 7.84. The number of pyridine rings is 1. The molecule has 30 heavy (non-hydrogen) atoms. The predicted molar refractivity (Wildman–Crippen MR) is 107 cm³/mol. The number of nitrogens with one attached hydrogen (secondary N) is 1. The first kappa shape index (κ1) is 18.8. The van der Waals surface area contributed by atoms with Crippen molar-refractivity contribution in [3.63, 3.8) is 0 Å². The van der Waals surface area contributed by atoms with Crippen LogP contribution >= 0.6 is 0 Å². The van der Waals surface area contributed by atoms with Gasteiger partial charge in [-0.15, -0.1) is 0 Å². The van der Waals surface area contributed by atoms with Gasteiger partial charge in [-0.2, -0.15) is 15.5 Å². The summed E-state index contributed by atoms with van der Waals surface area (Å²) in [6.45, 7) is 3.51. The van der Waals surface area contributed by atoms with Crippen LogP contribution in [0.15, 0.2) is 55.9 Å². The molecule has 0 atom stereocenters. The van der Waals surface area contributed by atoms with Crippen LogP contribution in [0.2, 0.25) is 0 Å². The van der Waals surface area contributed by atoms with Gasteiger partial charge >= 0.3 is 0 Å². The molecule has 4 rings (SSSR count). The van der Waals surface area contributed by atoms with Gasteiger partial charge in [0.1, 0.15) is 41.7 Å². The Morgan fingerprint density at radius 3 is 2.87 bits per heavy atom. The average Bonchev–Trinajstić information content (AvgIpc) is 3.38. The Balaban J connectivity index is 1.67. The Hall–Kier alpha value is -4.52. The zero-order valence-electron chi connectivity index (χ0n) is 16.0.